The number of aromatic nitrogens is 2. The number of amides is 1. The van der Waals surface area contributed by atoms with E-state index in [1.807, 2.05) is 32.0 Å². The van der Waals surface area contributed by atoms with Crippen molar-refractivity contribution in [3.8, 4) is 5.75 Å². The Morgan fingerprint density at radius 2 is 2.17 bits per heavy atom. The molecule has 1 saturated heterocycles. The smallest absolute Gasteiger partial charge is 0.246 e. The summed E-state index contributed by atoms with van der Waals surface area (Å²) in [5.41, 5.74) is 1.53. The second kappa shape index (κ2) is 9.40. The Kier molecular flexibility index (Phi) is 6.69. The van der Waals surface area contributed by atoms with Crippen LogP contribution in [0.25, 0.3) is 0 Å². The van der Waals surface area contributed by atoms with Gasteiger partial charge in [0.1, 0.15) is 6.54 Å². The molecule has 0 atom stereocenters. The van der Waals surface area contributed by atoms with Gasteiger partial charge in [0.15, 0.2) is 17.5 Å². The first-order valence-corrected chi connectivity index (χ1v) is 9.75. The second-order valence-electron chi connectivity index (χ2n) is 6.71. The van der Waals surface area contributed by atoms with E-state index in [0.717, 1.165) is 11.3 Å². The SMILES string of the molecule is CCNC(=NCc1ccc(OCC)c(F)c1)N1CCN(c2cnn(C)c2)C(=O)C1. The van der Waals surface area contributed by atoms with Gasteiger partial charge in [-0.2, -0.15) is 5.10 Å². The standard InChI is InChI=1S/C20H27FN6O2/c1-4-22-20(23-11-15-6-7-18(29-5-2)17(21)10-15)26-8-9-27(19(28)14-26)16-12-24-25(3)13-16/h6-7,10,12-13H,4-5,8-9,11,14H2,1-3H3,(H,22,23). The Hall–Kier alpha value is -3.10. The molecule has 1 aliphatic rings. The van der Waals surface area contributed by atoms with Crippen molar-refractivity contribution in [3.05, 3.63) is 42.0 Å². The minimum Gasteiger partial charge on any atom is -0.491 e. The lowest BCUT2D eigenvalue weighted by atomic mass is 10.2. The van der Waals surface area contributed by atoms with Crippen LogP contribution in [0, 0.1) is 5.82 Å². The minimum absolute atomic E-state index is 0.0121. The van der Waals surface area contributed by atoms with E-state index in [1.54, 1.807) is 27.9 Å². The molecule has 1 aromatic carbocycles. The van der Waals surface area contributed by atoms with Crippen molar-refractivity contribution in [1.29, 1.82) is 0 Å². The molecule has 0 radical (unpaired) electrons. The van der Waals surface area contributed by atoms with Crippen molar-refractivity contribution in [2.24, 2.45) is 12.0 Å². The van der Waals surface area contributed by atoms with Crippen LogP contribution in [0.5, 0.6) is 5.75 Å². The van der Waals surface area contributed by atoms with Gasteiger partial charge >= 0.3 is 0 Å². The number of guanidine groups is 1. The summed E-state index contributed by atoms with van der Waals surface area (Å²) >= 11 is 0. The highest BCUT2D eigenvalue weighted by atomic mass is 19.1. The van der Waals surface area contributed by atoms with Gasteiger partial charge in [-0.1, -0.05) is 6.07 Å². The second-order valence-corrected chi connectivity index (χ2v) is 6.71. The van der Waals surface area contributed by atoms with Crippen molar-refractivity contribution >= 4 is 17.6 Å². The zero-order valence-corrected chi connectivity index (χ0v) is 17.1. The topological polar surface area (TPSA) is 75.0 Å². The van der Waals surface area contributed by atoms with Crippen LogP contribution in [0.4, 0.5) is 10.1 Å². The summed E-state index contributed by atoms with van der Waals surface area (Å²) in [7, 11) is 1.82. The van der Waals surface area contributed by atoms with E-state index in [0.29, 0.717) is 38.7 Å². The molecular formula is C20H27FN6O2. The number of halogens is 1. The molecule has 0 aliphatic carbocycles. The summed E-state index contributed by atoms with van der Waals surface area (Å²) in [6.07, 6.45) is 3.51. The van der Waals surface area contributed by atoms with Crippen molar-refractivity contribution in [3.63, 3.8) is 0 Å². The van der Waals surface area contributed by atoms with Gasteiger partial charge in [0.25, 0.3) is 0 Å². The van der Waals surface area contributed by atoms with E-state index in [2.05, 4.69) is 15.4 Å². The molecule has 29 heavy (non-hydrogen) atoms. The maximum Gasteiger partial charge on any atom is 0.246 e. The molecule has 0 spiro atoms. The van der Waals surface area contributed by atoms with Gasteiger partial charge < -0.3 is 19.9 Å². The molecule has 0 bridgehead atoms. The predicted octanol–water partition coefficient (Wildman–Crippen LogP) is 1.77. The molecule has 1 amide bonds. The lowest BCUT2D eigenvalue weighted by molar-refractivity contribution is -0.120. The molecule has 156 valence electrons. The Labute approximate surface area is 170 Å². The molecule has 2 heterocycles. The first-order chi connectivity index (χ1) is 14.0. The van der Waals surface area contributed by atoms with E-state index in [4.69, 9.17) is 4.74 Å². The first kappa shape index (κ1) is 20.6. The molecule has 1 aliphatic heterocycles. The number of anilines is 1. The van der Waals surface area contributed by atoms with Gasteiger partial charge in [0.2, 0.25) is 5.91 Å². The van der Waals surface area contributed by atoms with Crippen molar-refractivity contribution in [2.75, 3.05) is 37.7 Å². The van der Waals surface area contributed by atoms with Gasteiger partial charge in [0.05, 0.1) is 25.0 Å². The number of hydrogen-bond donors (Lipinski definition) is 1. The summed E-state index contributed by atoms with van der Waals surface area (Å²) < 4.78 is 21.0. The van der Waals surface area contributed by atoms with Crippen LogP contribution in [0.1, 0.15) is 19.4 Å². The molecule has 2 aromatic rings. The van der Waals surface area contributed by atoms with Gasteiger partial charge in [-0.3, -0.25) is 9.48 Å². The maximum atomic E-state index is 14.1. The number of aliphatic imine (C=N–C) groups is 1. The zero-order chi connectivity index (χ0) is 20.8. The fraction of sp³-hybridized carbons (Fsp3) is 0.450. The highest BCUT2D eigenvalue weighted by molar-refractivity contribution is 5.98. The summed E-state index contributed by atoms with van der Waals surface area (Å²) in [6.45, 7) is 6.60. The van der Waals surface area contributed by atoms with Crippen LogP contribution in [0.2, 0.25) is 0 Å². The van der Waals surface area contributed by atoms with E-state index in [-0.39, 0.29) is 18.2 Å². The van der Waals surface area contributed by atoms with Gasteiger partial charge in [-0.05, 0) is 31.5 Å². The zero-order valence-electron chi connectivity index (χ0n) is 17.1. The number of rotatable bonds is 6. The number of nitrogens with one attached hydrogen (secondary N) is 1. The Morgan fingerprint density at radius 1 is 1.34 bits per heavy atom. The largest absolute Gasteiger partial charge is 0.491 e. The van der Waals surface area contributed by atoms with Gasteiger partial charge in [-0.15, -0.1) is 0 Å². The van der Waals surface area contributed by atoms with Crippen molar-refractivity contribution in [2.45, 2.75) is 20.4 Å². The molecule has 1 N–H and O–H groups in total. The fourth-order valence-electron chi connectivity index (χ4n) is 3.18. The monoisotopic (exact) mass is 402 g/mol. The number of ether oxygens (including phenoxy) is 1. The quantitative estimate of drug-likeness (QED) is 0.589. The highest BCUT2D eigenvalue weighted by Gasteiger charge is 2.27. The maximum absolute atomic E-state index is 14.1. The molecule has 0 saturated carbocycles. The average Bonchev–Trinajstić information content (AvgIpc) is 3.13. The number of nitrogens with zero attached hydrogens (tertiary/aromatic N) is 5. The lowest BCUT2D eigenvalue weighted by Gasteiger charge is -2.35. The Morgan fingerprint density at radius 3 is 2.79 bits per heavy atom. The summed E-state index contributed by atoms with van der Waals surface area (Å²) in [4.78, 5) is 20.9. The van der Waals surface area contributed by atoms with Crippen LogP contribution in [-0.2, 0) is 18.4 Å². The van der Waals surface area contributed by atoms with Gasteiger partial charge in [0, 0.05) is 32.9 Å². The molecule has 8 nitrogen and oxygen atoms in total. The number of carbonyl (C=O) groups excluding carboxylic acids is 1. The molecule has 1 aromatic heterocycles. The van der Waals surface area contributed by atoms with E-state index >= 15 is 0 Å². The third-order valence-electron chi connectivity index (χ3n) is 4.57. The van der Waals surface area contributed by atoms with Crippen molar-refractivity contribution in [1.82, 2.24) is 20.0 Å². The van der Waals surface area contributed by atoms with Crippen LogP contribution >= 0.6 is 0 Å². The predicted molar refractivity (Wildman–Crippen MR) is 110 cm³/mol. The number of aryl methyl sites for hydroxylation is 1. The molecular weight excluding hydrogens is 375 g/mol. The summed E-state index contributed by atoms with van der Waals surface area (Å²) in [5, 5.41) is 7.35. The van der Waals surface area contributed by atoms with Crippen LogP contribution < -0.4 is 15.0 Å². The number of hydrogen-bond acceptors (Lipinski definition) is 4. The normalized spacial score (nSPS) is 15.0. The number of benzene rings is 1. The first-order valence-electron chi connectivity index (χ1n) is 9.75. The average molecular weight is 402 g/mol. The minimum atomic E-state index is -0.398. The number of carbonyl (C=O) groups is 1. The molecule has 1 fully saturated rings. The van der Waals surface area contributed by atoms with Crippen LogP contribution in [0.3, 0.4) is 0 Å². The van der Waals surface area contributed by atoms with Crippen LogP contribution in [-0.4, -0.2) is 59.3 Å². The van der Waals surface area contributed by atoms with Crippen LogP contribution in [0.15, 0.2) is 35.6 Å². The van der Waals surface area contributed by atoms with E-state index in [9.17, 15) is 9.18 Å². The summed E-state index contributed by atoms with van der Waals surface area (Å²) in [6, 6.07) is 4.85. The number of piperazine rings is 1. The molecule has 9 heteroatoms. The lowest BCUT2D eigenvalue weighted by Crippen LogP contribution is -2.55. The van der Waals surface area contributed by atoms with Crippen molar-refractivity contribution < 1.29 is 13.9 Å². The Balaban J connectivity index is 1.68. The highest BCUT2D eigenvalue weighted by Crippen LogP contribution is 2.19. The fourth-order valence-corrected chi connectivity index (χ4v) is 3.18. The third-order valence-corrected chi connectivity index (χ3v) is 4.57. The molecule has 3 rings (SSSR count). The molecule has 0 unspecified atom stereocenters. The third kappa shape index (κ3) is 5.04. The summed E-state index contributed by atoms with van der Waals surface area (Å²) in [5.74, 6) is 0.469. The van der Waals surface area contributed by atoms with E-state index < -0.39 is 5.82 Å². The Bertz CT molecular complexity index is 882. The van der Waals surface area contributed by atoms with E-state index in [1.165, 1.54) is 6.07 Å². The van der Waals surface area contributed by atoms with Gasteiger partial charge in [-0.25, -0.2) is 9.38 Å².